The molecule has 0 aromatic carbocycles. The lowest BCUT2D eigenvalue weighted by Gasteiger charge is -2.25. The van der Waals surface area contributed by atoms with Crippen LogP contribution in [-0.4, -0.2) is 57.3 Å². The number of allylic oxidation sites excluding steroid dienone is 4. The number of nitrogens with one attached hydrogen (secondary N) is 2. The molecule has 0 spiro atoms. The third kappa shape index (κ3) is 8.08. The van der Waals surface area contributed by atoms with E-state index < -0.39 is 67.8 Å². The fourth-order valence-corrected chi connectivity index (χ4v) is 4.78. The summed E-state index contributed by atoms with van der Waals surface area (Å²) in [6, 6.07) is -0.151. The van der Waals surface area contributed by atoms with Crippen LogP contribution in [0.2, 0.25) is 0 Å². The van der Waals surface area contributed by atoms with Gasteiger partial charge in [-0.05, 0) is 40.7 Å². The van der Waals surface area contributed by atoms with Gasteiger partial charge in [0.05, 0.1) is 12.7 Å². The molecule has 206 valence electrons. The molecule has 3 N–H and O–H groups in total. The zero-order valence-electron chi connectivity index (χ0n) is 21.3. The number of hydrogen-bond donors (Lipinski definition) is 3. The molecule has 0 aliphatic carbocycles. The fraction of sp³-hybridized carbons (Fsp3) is 0.522. The topological polar surface area (TPSA) is 158 Å². The first-order valence-electron chi connectivity index (χ1n) is 11.4. The number of aromatic amines is 1. The molecule has 1 saturated heterocycles. The average Bonchev–Trinajstić information content (AvgIpc) is 3.01. The molecule has 6 atom stereocenters. The monoisotopic (exact) mass is 545 g/mol. The first kappa shape index (κ1) is 30.4. The molecule has 1 unspecified atom stereocenters. The van der Waals surface area contributed by atoms with E-state index in [0.29, 0.717) is 0 Å². The molecule has 0 bridgehead atoms. The Bertz CT molecular complexity index is 1190. The quantitative estimate of drug-likeness (QED) is 0.154. The summed E-state index contributed by atoms with van der Waals surface area (Å²) < 4.78 is 51.2. The number of ether oxygens (including phenoxy) is 2. The van der Waals surface area contributed by atoms with E-state index >= 15 is 4.39 Å². The maximum Gasteiger partial charge on any atom is 0.459 e. The number of carbonyl (C=O) groups is 1. The molecule has 0 amide bonds. The molecule has 1 aromatic heterocycles. The highest BCUT2D eigenvalue weighted by Crippen LogP contribution is 2.48. The van der Waals surface area contributed by atoms with E-state index in [0.717, 1.165) is 23.8 Å². The van der Waals surface area contributed by atoms with Crippen LogP contribution in [0.5, 0.6) is 0 Å². The van der Waals surface area contributed by atoms with Crippen LogP contribution in [0.4, 0.5) is 4.39 Å². The van der Waals surface area contributed by atoms with E-state index in [9.17, 15) is 24.1 Å². The van der Waals surface area contributed by atoms with Crippen molar-refractivity contribution in [1.29, 1.82) is 0 Å². The number of halogens is 1. The van der Waals surface area contributed by atoms with Gasteiger partial charge in [0.1, 0.15) is 24.0 Å². The number of rotatable bonds is 12. The number of esters is 1. The van der Waals surface area contributed by atoms with Crippen LogP contribution >= 0.6 is 7.75 Å². The first-order valence-corrected chi connectivity index (χ1v) is 13.0. The van der Waals surface area contributed by atoms with Crippen LogP contribution < -0.4 is 16.3 Å². The number of hydrogen-bond acceptors (Lipinski definition) is 9. The smallest absolute Gasteiger partial charge is 0.459 e. The summed E-state index contributed by atoms with van der Waals surface area (Å²) in [4.78, 5) is 37.7. The van der Waals surface area contributed by atoms with Gasteiger partial charge in [0, 0.05) is 12.3 Å². The second-order valence-corrected chi connectivity index (χ2v) is 10.4. The third-order valence-corrected chi connectivity index (χ3v) is 6.78. The van der Waals surface area contributed by atoms with E-state index in [1.165, 1.54) is 13.0 Å². The number of aliphatic hydroxyl groups excluding tert-OH is 1. The standard InChI is InChI=1S/C23H33FN3O9P/c1-7-8-9-10-15(4)36-37(32,26-16(5)20(30)34-14(2)3)33-13-17-19(29)23(6,24)21(35-17)27-12-11-18(28)25-22(27)31/h7-12,14,16-17,19,21,29H,4,13H2,1-3,5-6H3,(H,26,32)(H,25,28,31)/b8-7-,10-9-/t16-,17+,19+,21+,23+,37?/m0/s1. The van der Waals surface area contributed by atoms with Crippen LogP contribution in [0, 0.1) is 0 Å². The lowest BCUT2D eigenvalue weighted by atomic mass is 9.98. The van der Waals surface area contributed by atoms with Gasteiger partial charge >= 0.3 is 19.4 Å². The zero-order valence-corrected chi connectivity index (χ0v) is 22.1. The van der Waals surface area contributed by atoms with Crippen LogP contribution in [0.3, 0.4) is 0 Å². The van der Waals surface area contributed by atoms with Gasteiger partial charge in [-0.25, -0.2) is 13.8 Å². The fourth-order valence-electron chi connectivity index (χ4n) is 3.31. The number of nitrogens with zero attached hydrogens (tertiary/aromatic N) is 1. The van der Waals surface area contributed by atoms with Gasteiger partial charge in [0.2, 0.25) is 0 Å². The van der Waals surface area contributed by atoms with Crippen molar-refractivity contribution in [2.45, 2.75) is 70.9 Å². The molecule has 1 fully saturated rings. The Morgan fingerprint density at radius 3 is 2.68 bits per heavy atom. The Balaban J connectivity index is 2.24. The predicted octanol–water partition coefficient (Wildman–Crippen LogP) is 2.24. The molecule has 2 heterocycles. The van der Waals surface area contributed by atoms with Crippen LogP contribution in [-0.2, 0) is 27.9 Å². The highest BCUT2D eigenvalue weighted by atomic mass is 31.2. The van der Waals surface area contributed by atoms with Crippen molar-refractivity contribution in [3.05, 3.63) is 69.7 Å². The molecule has 1 aliphatic rings. The van der Waals surface area contributed by atoms with Crippen molar-refractivity contribution in [2.24, 2.45) is 0 Å². The molecule has 0 radical (unpaired) electrons. The molecular weight excluding hydrogens is 512 g/mol. The van der Waals surface area contributed by atoms with Gasteiger partial charge in [-0.3, -0.25) is 23.7 Å². The zero-order chi connectivity index (χ0) is 28.0. The molecular formula is C23H33FN3O9P. The normalized spacial score (nSPS) is 26.4. The Hall–Kier alpha value is -2.83. The highest BCUT2D eigenvalue weighted by molar-refractivity contribution is 7.51. The Kier molecular flexibility index (Phi) is 10.4. The molecule has 2 rings (SSSR count). The summed E-state index contributed by atoms with van der Waals surface area (Å²) in [7, 11) is -4.36. The van der Waals surface area contributed by atoms with E-state index in [-0.39, 0.29) is 5.76 Å². The van der Waals surface area contributed by atoms with Gasteiger partial charge in [-0.1, -0.05) is 24.8 Å². The minimum absolute atomic E-state index is 0.0840. The highest BCUT2D eigenvalue weighted by Gasteiger charge is 2.55. The lowest BCUT2D eigenvalue weighted by Crippen LogP contribution is -2.43. The summed E-state index contributed by atoms with van der Waals surface area (Å²) >= 11 is 0. The molecule has 1 aliphatic heterocycles. The molecule has 0 saturated carbocycles. The molecule has 14 heteroatoms. The maximum atomic E-state index is 15.4. The summed E-state index contributed by atoms with van der Waals surface area (Å²) in [5.41, 5.74) is -4.15. The second kappa shape index (κ2) is 12.6. The number of H-pyrrole nitrogens is 1. The van der Waals surface area contributed by atoms with Crippen LogP contribution in [0.1, 0.15) is 40.8 Å². The van der Waals surface area contributed by atoms with Crippen LogP contribution in [0.15, 0.2) is 58.5 Å². The number of aliphatic hydroxyl groups is 1. The van der Waals surface area contributed by atoms with E-state index in [1.807, 2.05) is 4.98 Å². The van der Waals surface area contributed by atoms with Crippen LogP contribution in [0.25, 0.3) is 0 Å². The minimum atomic E-state index is -4.36. The van der Waals surface area contributed by atoms with E-state index in [4.69, 9.17) is 18.5 Å². The van der Waals surface area contributed by atoms with Gasteiger partial charge in [-0.15, -0.1) is 0 Å². The first-order chi connectivity index (χ1) is 17.2. The largest absolute Gasteiger partial charge is 0.462 e. The summed E-state index contributed by atoms with van der Waals surface area (Å²) in [6.45, 7) is 10.4. The molecule has 12 nitrogen and oxygen atoms in total. The summed E-state index contributed by atoms with van der Waals surface area (Å²) in [5, 5.41) is 13.0. The van der Waals surface area contributed by atoms with Gasteiger partial charge in [0.15, 0.2) is 11.9 Å². The average molecular weight is 546 g/mol. The Labute approximate surface area is 213 Å². The maximum absolute atomic E-state index is 15.4. The van der Waals surface area contributed by atoms with Gasteiger partial charge in [-0.2, -0.15) is 5.09 Å². The number of carbonyl (C=O) groups excluding carboxylic acids is 1. The van der Waals surface area contributed by atoms with Crippen molar-refractivity contribution in [3.63, 3.8) is 0 Å². The van der Waals surface area contributed by atoms with E-state index in [2.05, 4.69) is 11.7 Å². The van der Waals surface area contributed by atoms with Crippen molar-refractivity contribution in [2.75, 3.05) is 6.61 Å². The number of aromatic nitrogens is 2. The lowest BCUT2D eigenvalue weighted by molar-refractivity contribution is -0.149. The van der Waals surface area contributed by atoms with Crippen molar-refractivity contribution in [1.82, 2.24) is 14.6 Å². The van der Waals surface area contributed by atoms with Crippen molar-refractivity contribution < 1.29 is 37.4 Å². The number of alkyl halides is 1. The summed E-state index contributed by atoms with van der Waals surface area (Å²) in [6.07, 6.45) is 2.08. The predicted molar refractivity (Wildman–Crippen MR) is 132 cm³/mol. The minimum Gasteiger partial charge on any atom is -0.462 e. The van der Waals surface area contributed by atoms with Crippen molar-refractivity contribution in [3.8, 4) is 0 Å². The van der Waals surface area contributed by atoms with Crippen molar-refractivity contribution >= 4 is 13.7 Å². The second-order valence-electron chi connectivity index (χ2n) is 8.71. The molecule has 37 heavy (non-hydrogen) atoms. The van der Waals surface area contributed by atoms with Gasteiger partial charge in [0.25, 0.3) is 5.56 Å². The van der Waals surface area contributed by atoms with Gasteiger partial charge < -0.3 is 19.1 Å². The third-order valence-electron chi connectivity index (χ3n) is 5.11. The Morgan fingerprint density at radius 2 is 2.08 bits per heavy atom. The summed E-state index contributed by atoms with van der Waals surface area (Å²) in [5.74, 6) is -0.817. The Morgan fingerprint density at radius 1 is 1.41 bits per heavy atom. The molecule has 1 aromatic rings. The van der Waals surface area contributed by atoms with E-state index in [1.54, 1.807) is 39.0 Å². The SMILES string of the molecule is C=C(/C=C\C=C/C)OP(=O)(N[C@@H](C)C(=O)OC(C)C)OC[C@H]1O[C@@H](n2ccc(=O)[nH]c2=O)[C@](C)(F)[C@@H]1O.